The third kappa shape index (κ3) is 4.69. The summed E-state index contributed by atoms with van der Waals surface area (Å²) >= 11 is 0. The molecule has 0 fully saturated rings. The number of hydrogen-bond acceptors (Lipinski definition) is 4. The van der Waals surface area contributed by atoms with Crippen molar-refractivity contribution in [2.45, 2.75) is 26.8 Å². The monoisotopic (exact) mass is 376 g/mol. The molecule has 1 atom stereocenters. The van der Waals surface area contributed by atoms with E-state index in [9.17, 15) is 23.9 Å². The SMILES string of the molecule is CC(=O)NCCN(C(=O)c1cnn(-c2ccc(F)cc2)c1C)C(C)C(=O)O. The van der Waals surface area contributed by atoms with E-state index in [4.69, 9.17) is 0 Å². The van der Waals surface area contributed by atoms with Crippen LogP contribution in [0.4, 0.5) is 4.39 Å². The normalized spacial score (nSPS) is 11.7. The van der Waals surface area contributed by atoms with Gasteiger partial charge in [-0.3, -0.25) is 9.59 Å². The highest BCUT2D eigenvalue weighted by molar-refractivity contribution is 5.97. The number of amides is 2. The Hall–Kier alpha value is -3.23. The van der Waals surface area contributed by atoms with Crippen LogP contribution in [0.25, 0.3) is 5.69 Å². The third-order valence-corrected chi connectivity index (χ3v) is 4.12. The van der Waals surface area contributed by atoms with Gasteiger partial charge in [0.2, 0.25) is 5.91 Å². The number of hydrogen-bond donors (Lipinski definition) is 2. The maximum atomic E-state index is 13.1. The van der Waals surface area contributed by atoms with Crippen LogP contribution in [0.5, 0.6) is 0 Å². The van der Waals surface area contributed by atoms with E-state index in [2.05, 4.69) is 10.4 Å². The topological polar surface area (TPSA) is 105 Å². The number of nitrogens with zero attached hydrogens (tertiary/aromatic N) is 3. The first-order valence-electron chi connectivity index (χ1n) is 8.31. The van der Waals surface area contributed by atoms with Crippen LogP contribution in [0.15, 0.2) is 30.5 Å². The van der Waals surface area contributed by atoms with Gasteiger partial charge in [0.05, 0.1) is 23.1 Å². The van der Waals surface area contributed by atoms with Gasteiger partial charge in [-0.05, 0) is 38.1 Å². The molecule has 0 aliphatic heterocycles. The second-order valence-corrected chi connectivity index (χ2v) is 6.03. The number of carboxylic acids is 1. The Labute approximate surface area is 155 Å². The van der Waals surface area contributed by atoms with Crippen LogP contribution in [-0.4, -0.2) is 56.7 Å². The first kappa shape index (κ1) is 20.1. The summed E-state index contributed by atoms with van der Waals surface area (Å²) in [6, 6.07) is 4.53. The van der Waals surface area contributed by atoms with E-state index < -0.39 is 17.9 Å². The molecule has 144 valence electrons. The Balaban J connectivity index is 2.30. The second-order valence-electron chi connectivity index (χ2n) is 6.03. The summed E-state index contributed by atoms with van der Waals surface area (Å²) in [4.78, 5) is 36.5. The fourth-order valence-corrected chi connectivity index (χ4v) is 2.57. The molecule has 27 heavy (non-hydrogen) atoms. The van der Waals surface area contributed by atoms with Crippen LogP contribution in [0.3, 0.4) is 0 Å². The minimum absolute atomic E-state index is 0.0348. The zero-order chi connectivity index (χ0) is 20.1. The molecule has 9 heteroatoms. The lowest BCUT2D eigenvalue weighted by Crippen LogP contribution is -2.46. The van der Waals surface area contributed by atoms with Crippen molar-refractivity contribution in [3.63, 3.8) is 0 Å². The number of carbonyl (C=O) groups is 3. The molecule has 1 heterocycles. The fourth-order valence-electron chi connectivity index (χ4n) is 2.57. The highest BCUT2D eigenvalue weighted by atomic mass is 19.1. The van der Waals surface area contributed by atoms with Gasteiger partial charge in [-0.1, -0.05) is 0 Å². The maximum absolute atomic E-state index is 13.1. The molecular formula is C18H21FN4O4. The van der Waals surface area contributed by atoms with Crippen molar-refractivity contribution in [2.75, 3.05) is 13.1 Å². The molecule has 0 aliphatic carbocycles. The van der Waals surface area contributed by atoms with E-state index in [0.29, 0.717) is 11.4 Å². The predicted molar refractivity (Wildman–Crippen MR) is 95.1 cm³/mol. The molecule has 1 aromatic carbocycles. The predicted octanol–water partition coefficient (Wildman–Crippen LogP) is 1.37. The summed E-state index contributed by atoms with van der Waals surface area (Å²) in [5.41, 5.74) is 1.30. The van der Waals surface area contributed by atoms with Gasteiger partial charge in [0.25, 0.3) is 5.91 Å². The second kappa shape index (κ2) is 8.43. The number of halogens is 1. The van der Waals surface area contributed by atoms with E-state index in [1.54, 1.807) is 6.92 Å². The maximum Gasteiger partial charge on any atom is 0.326 e. The molecule has 1 aromatic heterocycles. The van der Waals surface area contributed by atoms with Crippen molar-refractivity contribution >= 4 is 17.8 Å². The highest BCUT2D eigenvalue weighted by Gasteiger charge is 2.28. The summed E-state index contributed by atoms with van der Waals surface area (Å²) in [6.07, 6.45) is 1.35. The van der Waals surface area contributed by atoms with E-state index in [1.165, 1.54) is 49.0 Å². The van der Waals surface area contributed by atoms with E-state index in [1.807, 2.05) is 0 Å². The Bertz CT molecular complexity index is 848. The quantitative estimate of drug-likeness (QED) is 0.759. The molecule has 0 spiro atoms. The molecule has 0 saturated heterocycles. The van der Waals surface area contributed by atoms with Gasteiger partial charge in [-0.15, -0.1) is 0 Å². The zero-order valence-corrected chi connectivity index (χ0v) is 15.3. The fraction of sp³-hybridized carbons (Fsp3) is 0.333. The molecule has 2 N–H and O–H groups in total. The number of nitrogens with one attached hydrogen (secondary N) is 1. The van der Waals surface area contributed by atoms with Gasteiger partial charge in [0, 0.05) is 20.0 Å². The number of aromatic nitrogens is 2. The minimum atomic E-state index is -1.16. The van der Waals surface area contributed by atoms with Crippen molar-refractivity contribution in [2.24, 2.45) is 0 Å². The van der Waals surface area contributed by atoms with Crippen molar-refractivity contribution < 1.29 is 23.9 Å². The Morgan fingerprint density at radius 2 is 1.93 bits per heavy atom. The van der Waals surface area contributed by atoms with Crippen LogP contribution >= 0.6 is 0 Å². The number of rotatable bonds is 7. The molecule has 0 aliphatic rings. The van der Waals surface area contributed by atoms with Crippen LogP contribution in [0.2, 0.25) is 0 Å². The van der Waals surface area contributed by atoms with Crippen LogP contribution in [0.1, 0.15) is 29.9 Å². The number of aliphatic carboxylic acids is 1. The molecule has 0 radical (unpaired) electrons. The first-order valence-corrected chi connectivity index (χ1v) is 8.31. The Morgan fingerprint density at radius 1 is 1.30 bits per heavy atom. The third-order valence-electron chi connectivity index (χ3n) is 4.12. The largest absolute Gasteiger partial charge is 0.480 e. The lowest BCUT2D eigenvalue weighted by atomic mass is 10.2. The van der Waals surface area contributed by atoms with Crippen LogP contribution in [-0.2, 0) is 9.59 Å². The van der Waals surface area contributed by atoms with Crippen molar-refractivity contribution in [3.05, 3.63) is 47.5 Å². The average molecular weight is 376 g/mol. The van der Waals surface area contributed by atoms with E-state index in [-0.39, 0.29) is 30.4 Å². The highest BCUT2D eigenvalue weighted by Crippen LogP contribution is 2.17. The van der Waals surface area contributed by atoms with Gasteiger partial charge < -0.3 is 15.3 Å². The van der Waals surface area contributed by atoms with Gasteiger partial charge in [0.15, 0.2) is 0 Å². The lowest BCUT2D eigenvalue weighted by molar-refractivity contribution is -0.141. The minimum Gasteiger partial charge on any atom is -0.480 e. The molecule has 8 nitrogen and oxygen atoms in total. The zero-order valence-electron chi connectivity index (χ0n) is 15.3. The van der Waals surface area contributed by atoms with Crippen molar-refractivity contribution in [1.82, 2.24) is 20.0 Å². The lowest BCUT2D eigenvalue weighted by Gasteiger charge is -2.26. The molecule has 2 rings (SSSR count). The van der Waals surface area contributed by atoms with E-state index >= 15 is 0 Å². The molecule has 2 amide bonds. The van der Waals surface area contributed by atoms with Gasteiger partial charge >= 0.3 is 5.97 Å². The van der Waals surface area contributed by atoms with E-state index in [0.717, 1.165) is 4.90 Å². The molecule has 2 aromatic rings. The molecular weight excluding hydrogens is 355 g/mol. The van der Waals surface area contributed by atoms with Crippen molar-refractivity contribution in [1.29, 1.82) is 0 Å². The number of benzene rings is 1. The summed E-state index contributed by atoms with van der Waals surface area (Å²) in [6.45, 7) is 4.56. The summed E-state index contributed by atoms with van der Waals surface area (Å²) in [5.74, 6) is -2.33. The smallest absolute Gasteiger partial charge is 0.326 e. The Morgan fingerprint density at radius 3 is 2.48 bits per heavy atom. The molecule has 0 saturated carbocycles. The van der Waals surface area contributed by atoms with Crippen LogP contribution in [0, 0.1) is 12.7 Å². The summed E-state index contributed by atoms with van der Waals surface area (Å²) in [5, 5.41) is 16.0. The average Bonchev–Trinajstić information content (AvgIpc) is 2.99. The van der Waals surface area contributed by atoms with Crippen molar-refractivity contribution in [3.8, 4) is 5.69 Å². The van der Waals surface area contributed by atoms with Gasteiger partial charge in [-0.2, -0.15) is 5.10 Å². The van der Waals surface area contributed by atoms with Crippen LogP contribution < -0.4 is 5.32 Å². The molecule has 1 unspecified atom stereocenters. The van der Waals surface area contributed by atoms with Gasteiger partial charge in [0.1, 0.15) is 11.9 Å². The summed E-state index contributed by atoms with van der Waals surface area (Å²) < 4.78 is 14.6. The van der Waals surface area contributed by atoms with Gasteiger partial charge in [-0.25, -0.2) is 13.9 Å². The molecule has 0 bridgehead atoms. The number of carbonyl (C=O) groups excluding carboxylic acids is 2. The summed E-state index contributed by atoms with van der Waals surface area (Å²) in [7, 11) is 0. The standard InChI is InChI=1S/C18H21FN4O4/c1-11-16(10-21-23(11)15-6-4-14(19)5-7-15)17(25)22(12(2)18(26)27)9-8-20-13(3)24/h4-7,10,12H,8-9H2,1-3H3,(H,20,24)(H,26,27). The first-order chi connectivity index (χ1) is 12.7. The Kier molecular flexibility index (Phi) is 6.27. The number of carboxylic acid groups (broad SMARTS) is 1.